The molecule has 5 N–H and O–H groups in total. The maximum Gasteiger partial charge on any atom is 0.316 e. The number of nitrogens with zero attached hydrogens (tertiary/aromatic N) is 1. The molecular weight excluding hydrogens is 674 g/mol. The summed E-state index contributed by atoms with van der Waals surface area (Å²) >= 11 is 0. The molecule has 1 heterocycles. The summed E-state index contributed by atoms with van der Waals surface area (Å²) in [6.45, 7) is 12.7. The Morgan fingerprint density at radius 3 is 2.02 bits per heavy atom. The van der Waals surface area contributed by atoms with Crippen LogP contribution in [0.15, 0.2) is 54.6 Å². The molecule has 2 aliphatic rings. The maximum absolute atomic E-state index is 14.5. The Kier molecular flexibility index (Phi) is 12.8. The van der Waals surface area contributed by atoms with Gasteiger partial charge in [-0.2, -0.15) is 0 Å². The van der Waals surface area contributed by atoms with Gasteiger partial charge in [0.1, 0.15) is 23.6 Å². The first-order valence-corrected chi connectivity index (χ1v) is 18.2. The van der Waals surface area contributed by atoms with E-state index in [0.29, 0.717) is 23.5 Å². The number of amides is 5. The van der Waals surface area contributed by atoms with Crippen molar-refractivity contribution in [2.45, 2.75) is 98.3 Å². The summed E-state index contributed by atoms with van der Waals surface area (Å²) in [5.74, 6) is -0.171. The minimum absolute atomic E-state index is 0.163. The second-order valence-corrected chi connectivity index (χ2v) is 16.1. The number of carbonyl (C=O) groups excluding carboxylic acids is 6. The molecule has 2 fully saturated rings. The van der Waals surface area contributed by atoms with Crippen LogP contribution in [0.1, 0.15) is 84.5 Å². The average molecular weight is 728 g/mol. The zero-order valence-electron chi connectivity index (χ0n) is 31.7. The van der Waals surface area contributed by atoms with Crippen LogP contribution in [-0.2, 0) is 19.2 Å². The maximum atomic E-state index is 14.5. The molecule has 284 valence electrons. The van der Waals surface area contributed by atoms with E-state index in [0.717, 1.165) is 12.8 Å². The van der Waals surface area contributed by atoms with Crippen LogP contribution in [0.25, 0.3) is 0 Å². The second-order valence-electron chi connectivity index (χ2n) is 16.1. The second kappa shape index (κ2) is 16.7. The van der Waals surface area contributed by atoms with Crippen molar-refractivity contribution in [1.82, 2.24) is 20.9 Å². The Hall–Kier alpha value is -5.18. The molecular formula is C41H53N5O7. The molecule has 1 unspecified atom stereocenters. The molecule has 0 bridgehead atoms. The van der Waals surface area contributed by atoms with Crippen LogP contribution in [0.2, 0.25) is 0 Å². The number of primary amides is 1. The number of ketones is 2. The molecule has 5 atom stereocenters. The van der Waals surface area contributed by atoms with E-state index in [9.17, 15) is 28.8 Å². The lowest BCUT2D eigenvalue weighted by atomic mass is 9.75. The minimum atomic E-state index is -1.15. The van der Waals surface area contributed by atoms with Crippen molar-refractivity contribution in [3.8, 4) is 23.8 Å². The Morgan fingerprint density at radius 2 is 1.49 bits per heavy atom. The van der Waals surface area contributed by atoms with Crippen molar-refractivity contribution in [3.05, 3.63) is 60.2 Å². The van der Waals surface area contributed by atoms with Crippen LogP contribution in [0.4, 0.5) is 4.79 Å². The van der Waals surface area contributed by atoms with Gasteiger partial charge in [0.15, 0.2) is 5.78 Å². The fraction of sp³-hybridized carbons (Fsp3) is 0.512. The molecule has 2 aromatic rings. The third-order valence-corrected chi connectivity index (χ3v) is 10.1. The topological polar surface area (TPSA) is 177 Å². The predicted octanol–water partition coefficient (Wildman–Crippen LogP) is 4.62. The monoisotopic (exact) mass is 727 g/mol. The lowest BCUT2D eigenvalue weighted by molar-refractivity contribution is -0.144. The largest absolute Gasteiger partial charge is 0.457 e. The molecule has 2 aromatic carbocycles. The molecule has 0 radical (unpaired) electrons. The number of para-hydroxylation sites is 1. The summed E-state index contributed by atoms with van der Waals surface area (Å²) in [7, 11) is 0. The van der Waals surface area contributed by atoms with Crippen molar-refractivity contribution in [1.29, 1.82) is 0 Å². The Labute approximate surface area is 312 Å². The Balaban J connectivity index is 1.53. The number of nitrogens with two attached hydrogens (primary N) is 1. The van der Waals surface area contributed by atoms with Crippen LogP contribution in [-0.4, -0.2) is 70.9 Å². The van der Waals surface area contributed by atoms with Crippen LogP contribution >= 0.6 is 0 Å². The summed E-state index contributed by atoms with van der Waals surface area (Å²) in [5, 5.41) is 8.30. The van der Waals surface area contributed by atoms with Crippen LogP contribution in [0.3, 0.4) is 0 Å². The molecule has 5 amide bonds. The van der Waals surface area contributed by atoms with Gasteiger partial charge in [-0.25, -0.2) is 4.79 Å². The smallest absolute Gasteiger partial charge is 0.316 e. The van der Waals surface area contributed by atoms with Gasteiger partial charge < -0.3 is 31.3 Å². The van der Waals surface area contributed by atoms with E-state index in [1.807, 2.05) is 58.0 Å². The van der Waals surface area contributed by atoms with E-state index in [1.54, 1.807) is 45.0 Å². The van der Waals surface area contributed by atoms with E-state index in [4.69, 9.17) is 16.9 Å². The van der Waals surface area contributed by atoms with Gasteiger partial charge in [-0.15, -0.1) is 12.3 Å². The molecule has 53 heavy (non-hydrogen) atoms. The summed E-state index contributed by atoms with van der Waals surface area (Å²) in [6.07, 6.45) is 8.31. The highest BCUT2D eigenvalue weighted by Crippen LogP contribution is 2.40. The van der Waals surface area contributed by atoms with E-state index in [1.165, 1.54) is 4.90 Å². The van der Waals surface area contributed by atoms with Gasteiger partial charge in [0, 0.05) is 23.4 Å². The van der Waals surface area contributed by atoms with Gasteiger partial charge >= 0.3 is 6.03 Å². The lowest BCUT2D eigenvalue weighted by Gasteiger charge is -2.38. The van der Waals surface area contributed by atoms with E-state index >= 15 is 0 Å². The predicted molar refractivity (Wildman–Crippen MR) is 201 cm³/mol. The number of hydrogen-bond donors (Lipinski definition) is 4. The number of Topliss-reactive ketones (excluding diaryl/α,β-unsaturated/α-hetero) is 2. The highest BCUT2D eigenvalue weighted by molar-refractivity contribution is 6.37. The van der Waals surface area contributed by atoms with Crippen molar-refractivity contribution in [2.24, 2.45) is 34.3 Å². The van der Waals surface area contributed by atoms with E-state index in [-0.39, 0.29) is 30.6 Å². The fourth-order valence-electron chi connectivity index (χ4n) is 6.73. The molecule has 1 saturated heterocycles. The number of benzene rings is 2. The quantitative estimate of drug-likeness (QED) is 0.118. The van der Waals surface area contributed by atoms with E-state index < -0.39 is 70.5 Å². The molecule has 0 aromatic heterocycles. The first-order chi connectivity index (χ1) is 24.8. The van der Waals surface area contributed by atoms with Crippen molar-refractivity contribution in [2.75, 3.05) is 6.54 Å². The molecule has 1 aliphatic carbocycles. The Bertz CT molecular complexity index is 1720. The van der Waals surface area contributed by atoms with Crippen LogP contribution in [0, 0.1) is 40.9 Å². The Morgan fingerprint density at radius 1 is 0.887 bits per heavy atom. The highest BCUT2D eigenvalue weighted by atomic mass is 16.5. The molecule has 12 heteroatoms. The van der Waals surface area contributed by atoms with E-state index in [2.05, 4.69) is 21.9 Å². The average Bonchev–Trinajstić information content (AvgIpc) is 3.81. The number of likely N-dealkylation sites (tertiary alicyclic amines) is 1. The standard InChI is InChI=1S/C41H53N5O7/c1-9-41(7,8)29-21-22-46(32(29)37(50)43-30(23-25-15-16-25)34(48)36(42)49)38(51)35(40(4,5)6)45-39(52)44-31(24(2)3)33(47)26-17-19-28(20-18-26)53-27-13-11-10-12-14-27/h1,10-14,17-20,24-25,29-32,35H,15-16,21-23H2,2-8H3,(H2,42,49)(H,43,50)(H2,44,45,52)/t29-,30?,31-,32-,35+/m0/s1. The molecule has 1 aliphatic heterocycles. The normalized spacial score (nSPS) is 19.0. The van der Waals surface area contributed by atoms with Crippen LogP contribution < -0.4 is 26.4 Å². The van der Waals surface area contributed by atoms with Crippen molar-refractivity contribution < 1.29 is 33.5 Å². The molecule has 1 saturated carbocycles. The number of ether oxygens (including phenoxy) is 1. The minimum Gasteiger partial charge on any atom is -0.457 e. The third-order valence-electron chi connectivity index (χ3n) is 10.1. The summed E-state index contributed by atoms with van der Waals surface area (Å²) in [5.41, 5.74) is 4.03. The number of hydrogen-bond acceptors (Lipinski definition) is 7. The van der Waals surface area contributed by atoms with Gasteiger partial charge in [-0.3, -0.25) is 24.0 Å². The first-order valence-electron chi connectivity index (χ1n) is 18.2. The first kappa shape index (κ1) is 40.6. The fourth-order valence-corrected chi connectivity index (χ4v) is 6.73. The highest BCUT2D eigenvalue weighted by Gasteiger charge is 2.51. The summed E-state index contributed by atoms with van der Waals surface area (Å²) in [4.78, 5) is 81.9. The summed E-state index contributed by atoms with van der Waals surface area (Å²) in [6, 6.07) is 10.9. The number of urea groups is 1. The van der Waals surface area contributed by atoms with Gasteiger partial charge in [0.05, 0.1) is 12.1 Å². The van der Waals surface area contributed by atoms with Gasteiger partial charge in [0.2, 0.25) is 17.6 Å². The zero-order chi connectivity index (χ0) is 39.2. The van der Waals surface area contributed by atoms with Crippen molar-refractivity contribution >= 4 is 35.3 Å². The number of terminal acetylenes is 1. The number of carbonyl (C=O) groups is 6. The molecule has 0 spiro atoms. The van der Waals surface area contributed by atoms with Gasteiger partial charge in [-0.1, -0.05) is 65.7 Å². The number of rotatable bonds is 15. The lowest BCUT2D eigenvalue weighted by Crippen LogP contribution is -2.62. The number of nitrogens with one attached hydrogen (secondary N) is 3. The van der Waals surface area contributed by atoms with Crippen LogP contribution in [0.5, 0.6) is 11.5 Å². The zero-order valence-corrected chi connectivity index (χ0v) is 31.7. The summed E-state index contributed by atoms with van der Waals surface area (Å²) < 4.78 is 5.84. The van der Waals surface area contributed by atoms with Crippen molar-refractivity contribution in [3.63, 3.8) is 0 Å². The molecule has 12 nitrogen and oxygen atoms in total. The SMILES string of the molecule is C#CC(C)(C)[C@H]1CCN(C(=O)[C@@H](NC(=O)N[C@H](C(=O)c2ccc(Oc3ccccc3)cc2)C(C)C)C(C)(C)C)[C@@H]1C(=O)NC(CC1CC1)C(=O)C(N)=O. The third kappa shape index (κ3) is 10.2. The molecule has 4 rings (SSSR count). The van der Waals surface area contributed by atoms with Gasteiger partial charge in [0.25, 0.3) is 5.91 Å². The van der Waals surface area contributed by atoms with Gasteiger partial charge in [-0.05, 0) is 80.3 Å².